The minimum absolute atomic E-state index is 0.0245. The van der Waals surface area contributed by atoms with Crippen molar-refractivity contribution in [3.05, 3.63) is 84.2 Å². The number of carbonyl (C=O) groups excluding carboxylic acids is 1. The number of halogens is 1. The molecule has 0 radical (unpaired) electrons. The summed E-state index contributed by atoms with van der Waals surface area (Å²) in [5, 5.41) is 3.19. The van der Waals surface area contributed by atoms with Gasteiger partial charge in [0.05, 0.1) is 4.90 Å². The quantitative estimate of drug-likeness (QED) is 0.580. The van der Waals surface area contributed by atoms with Crippen molar-refractivity contribution in [2.24, 2.45) is 0 Å². The number of nitrogens with one attached hydrogen (secondary N) is 2. The van der Waals surface area contributed by atoms with Crippen LogP contribution in [0.2, 0.25) is 0 Å². The molecule has 2 atom stereocenters. The third kappa shape index (κ3) is 4.45. The molecule has 0 fully saturated rings. The summed E-state index contributed by atoms with van der Waals surface area (Å²) in [5.74, 6) is -0.529. The Kier molecular flexibility index (Phi) is 5.88. The van der Waals surface area contributed by atoms with Crippen molar-refractivity contribution < 1.29 is 17.6 Å². The summed E-state index contributed by atoms with van der Waals surface area (Å²) in [5.41, 5.74) is 3.17. The van der Waals surface area contributed by atoms with Gasteiger partial charge in [-0.1, -0.05) is 18.2 Å². The van der Waals surface area contributed by atoms with Crippen LogP contribution in [0.4, 0.5) is 21.5 Å². The van der Waals surface area contributed by atoms with Gasteiger partial charge < -0.3 is 10.2 Å². The van der Waals surface area contributed by atoms with E-state index in [0.717, 1.165) is 24.2 Å². The van der Waals surface area contributed by atoms with Crippen LogP contribution in [0.5, 0.6) is 0 Å². The van der Waals surface area contributed by atoms with Gasteiger partial charge in [0.2, 0.25) is 5.91 Å². The lowest BCUT2D eigenvalue weighted by Gasteiger charge is -2.27. The van der Waals surface area contributed by atoms with Gasteiger partial charge in [0.25, 0.3) is 10.0 Å². The topological polar surface area (TPSA) is 78.5 Å². The average Bonchev–Trinajstić information content (AvgIpc) is 3.10. The Bertz CT molecular complexity index is 1230. The molecule has 1 aliphatic heterocycles. The molecular weight excluding hydrogens is 429 g/mol. The van der Waals surface area contributed by atoms with Crippen LogP contribution < -0.4 is 14.9 Å². The van der Waals surface area contributed by atoms with Gasteiger partial charge in [-0.15, -0.1) is 0 Å². The molecule has 0 bridgehead atoms. The highest BCUT2D eigenvalue weighted by Crippen LogP contribution is 2.32. The van der Waals surface area contributed by atoms with Gasteiger partial charge in [0.1, 0.15) is 11.9 Å². The summed E-state index contributed by atoms with van der Waals surface area (Å²) in [6, 6.07) is 18.8. The van der Waals surface area contributed by atoms with Gasteiger partial charge in [-0.3, -0.25) is 9.52 Å². The van der Waals surface area contributed by atoms with Crippen molar-refractivity contribution >= 4 is 33.0 Å². The number of carbonyl (C=O) groups is 1. The van der Waals surface area contributed by atoms with E-state index in [0.29, 0.717) is 11.4 Å². The lowest BCUT2D eigenvalue weighted by atomic mass is 10.1. The fourth-order valence-corrected chi connectivity index (χ4v) is 4.94. The predicted octanol–water partition coefficient (Wildman–Crippen LogP) is 4.40. The molecule has 0 unspecified atom stereocenters. The summed E-state index contributed by atoms with van der Waals surface area (Å²) in [6.45, 7) is 3.84. The lowest BCUT2D eigenvalue weighted by molar-refractivity contribution is -0.119. The van der Waals surface area contributed by atoms with E-state index < -0.39 is 21.9 Å². The second-order valence-corrected chi connectivity index (χ2v) is 9.58. The molecule has 166 valence electrons. The number of para-hydroxylation sites is 1. The van der Waals surface area contributed by atoms with Gasteiger partial charge in [0, 0.05) is 23.1 Å². The highest BCUT2D eigenvalue weighted by molar-refractivity contribution is 7.92. The van der Waals surface area contributed by atoms with Gasteiger partial charge in [-0.25, -0.2) is 12.8 Å². The average molecular weight is 454 g/mol. The number of amides is 1. The first kappa shape index (κ1) is 21.8. The molecule has 1 aliphatic rings. The van der Waals surface area contributed by atoms with Crippen molar-refractivity contribution in [1.29, 1.82) is 0 Å². The van der Waals surface area contributed by atoms with Crippen molar-refractivity contribution in [2.45, 2.75) is 37.2 Å². The van der Waals surface area contributed by atoms with E-state index in [2.05, 4.69) is 10.0 Å². The molecule has 0 spiro atoms. The maximum atomic E-state index is 13.1. The van der Waals surface area contributed by atoms with Gasteiger partial charge in [-0.2, -0.15) is 0 Å². The largest absolute Gasteiger partial charge is 0.374 e. The maximum absolute atomic E-state index is 13.1. The number of hydrogen-bond donors (Lipinski definition) is 2. The zero-order valence-electron chi connectivity index (χ0n) is 17.7. The van der Waals surface area contributed by atoms with Crippen LogP contribution in [0.15, 0.2) is 77.7 Å². The van der Waals surface area contributed by atoms with Gasteiger partial charge in [-0.05, 0) is 80.4 Å². The van der Waals surface area contributed by atoms with E-state index in [1.807, 2.05) is 36.1 Å². The highest BCUT2D eigenvalue weighted by Gasteiger charge is 2.33. The molecule has 3 aromatic rings. The molecule has 8 heteroatoms. The Morgan fingerprint density at radius 1 is 1.00 bits per heavy atom. The Balaban J connectivity index is 1.42. The fraction of sp³-hybridized carbons (Fsp3) is 0.208. The monoisotopic (exact) mass is 453 g/mol. The van der Waals surface area contributed by atoms with E-state index in [9.17, 15) is 17.6 Å². The van der Waals surface area contributed by atoms with Crippen LogP contribution in [0.3, 0.4) is 0 Å². The molecule has 1 heterocycles. The standard InChI is InChI=1S/C24H24FN3O3S/c1-16-15-18-5-3-4-6-23(18)28(16)24(29)17(2)26-20-9-11-21(12-10-20)27-32(30,31)22-13-7-19(25)8-14-22/h3-14,16-17,26-27H,15H2,1-2H3/t16-,17-/m0/s1. The first-order chi connectivity index (χ1) is 15.2. The van der Waals surface area contributed by atoms with Crippen molar-refractivity contribution in [3.63, 3.8) is 0 Å². The van der Waals surface area contributed by atoms with Crippen LogP contribution in [0.1, 0.15) is 19.4 Å². The Labute approximate surface area is 187 Å². The molecule has 4 rings (SSSR count). The second kappa shape index (κ2) is 8.63. The predicted molar refractivity (Wildman–Crippen MR) is 124 cm³/mol. The number of anilines is 3. The molecule has 3 aromatic carbocycles. The van der Waals surface area contributed by atoms with E-state index in [1.165, 1.54) is 17.7 Å². The normalized spacial score (nSPS) is 16.3. The van der Waals surface area contributed by atoms with E-state index >= 15 is 0 Å². The molecule has 0 saturated carbocycles. The number of nitrogens with zero attached hydrogens (tertiary/aromatic N) is 1. The first-order valence-electron chi connectivity index (χ1n) is 10.3. The third-order valence-corrected chi connectivity index (χ3v) is 6.86. The van der Waals surface area contributed by atoms with Gasteiger partial charge in [0.15, 0.2) is 0 Å². The maximum Gasteiger partial charge on any atom is 0.261 e. The van der Waals surface area contributed by atoms with Crippen LogP contribution in [-0.4, -0.2) is 26.4 Å². The summed E-state index contributed by atoms with van der Waals surface area (Å²) < 4.78 is 40.4. The van der Waals surface area contributed by atoms with Crippen LogP contribution in [0.25, 0.3) is 0 Å². The Morgan fingerprint density at radius 2 is 1.62 bits per heavy atom. The summed E-state index contributed by atoms with van der Waals surface area (Å²) in [4.78, 5) is 14.9. The molecule has 6 nitrogen and oxygen atoms in total. The molecule has 0 aliphatic carbocycles. The number of sulfonamides is 1. The molecule has 0 aromatic heterocycles. The number of hydrogen-bond acceptors (Lipinski definition) is 4. The summed E-state index contributed by atoms with van der Waals surface area (Å²) in [6.07, 6.45) is 0.831. The van der Waals surface area contributed by atoms with Crippen molar-refractivity contribution in [3.8, 4) is 0 Å². The molecule has 0 saturated heterocycles. The minimum Gasteiger partial charge on any atom is -0.374 e. The number of rotatable bonds is 6. The summed E-state index contributed by atoms with van der Waals surface area (Å²) in [7, 11) is -3.82. The Morgan fingerprint density at radius 3 is 2.31 bits per heavy atom. The number of benzene rings is 3. The van der Waals surface area contributed by atoms with E-state index in [4.69, 9.17) is 0 Å². The zero-order chi connectivity index (χ0) is 22.9. The van der Waals surface area contributed by atoms with Crippen LogP contribution >= 0.6 is 0 Å². The van der Waals surface area contributed by atoms with E-state index in [1.54, 1.807) is 31.2 Å². The molecule has 2 N–H and O–H groups in total. The lowest BCUT2D eigenvalue weighted by Crippen LogP contribution is -2.44. The van der Waals surface area contributed by atoms with Crippen LogP contribution in [0, 0.1) is 5.82 Å². The fourth-order valence-electron chi connectivity index (χ4n) is 3.88. The third-order valence-electron chi connectivity index (χ3n) is 5.46. The van der Waals surface area contributed by atoms with E-state index in [-0.39, 0.29) is 16.8 Å². The summed E-state index contributed by atoms with van der Waals surface area (Å²) >= 11 is 0. The smallest absolute Gasteiger partial charge is 0.261 e. The SMILES string of the molecule is C[C@H](Nc1ccc(NS(=O)(=O)c2ccc(F)cc2)cc1)C(=O)N1c2ccccc2C[C@@H]1C. The molecule has 32 heavy (non-hydrogen) atoms. The van der Waals surface area contributed by atoms with Gasteiger partial charge >= 0.3 is 0 Å². The van der Waals surface area contributed by atoms with Crippen molar-refractivity contribution in [2.75, 3.05) is 14.9 Å². The zero-order valence-corrected chi connectivity index (χ0v) is 18.6. The first-order valence-corrected chi connectivity index (χ1v) is 11.8. The number of fused-ring (bicyclic) bond motifs is 1. The van der Waals surface area contributed by atoms with Crippen LogP contribution in [-0.2, 0) is 21.2 Å². The second-order valence-electron chi connectivity index (χ2n) is 7.89. The molecular formula is C24H24FN3O3S. The Hall–Kier alpha value is -3.39. The van der Waals surface area contributed by atoms with Crippen molar-refractivity contribution in [1.82, 2.24) is 0 Å². The highest BCUT2D eigenvalue weighted by atomic mass is 32.2. The minimum atomic E-state index is -3.82. The molecule has 1 amide bonds.